The Morgan fingerprint density at radius 1 is 1.18 bits per heavy atom. The van der Waals surface area contributed by atoms with Gasteiger partial charge in [0.25, 0.3) is 0 Å². The Kier molecular flexibility index (Phi) is 3.51. The van der Waals surface area contributed by atoms with Crippen LogP contribution >= 0.6 is 11.8 Å². The van der Waals surface area contributed by atoms with Gasteiger partial charge in [-0.1, -0.05) is 5.16 Å². The summed E-state index contributed by atoms with van der Waals surface area (Å²) in [5, 5.41) is 12.2. The first-order valence-corrected chi connectivity index (χ1v) is 5.50. The molecule has 2 aromatic heterocycles. The lowest BCUT2D eigenvalue weighted by Crippen LogP contribution is -2.16. The van der Waals surface area contributed by atoms with Crippen LogP contribution in [0.2, 0.25) is 0 Å². The Labute approximate surface area is 102 Å². The predicted octanol–water partition coefficient (Wildman–Crippen LogP) is 1.12. The smallest absolute Gasteiger partial charge is 0.192 e. The second-order valence-electron chi connectivity index (χ2n) is 2.97. The largest absolute Gasteiger partial charge is 0.409 e. The summed E-state index contributed by atoms with van der Waals surface area (Å²) < 4.78 is 0. The number of amidine groups is 1. The normalized spacial score (nSPS) is 11.4. The zero-order valence-corrected chi connectivity index (χ0v) is 9.50. The lowest BCUT2D eigenvalue weighted by molar-refractivity contribution is 0.318. The average Bonchev–Trinajstić information content (AvgIpc) is 2.40. The maximum absolute atomic E-state index is 8.66. The van der Waals surface area contributed by atoms with Crippen LogP contribution in [0.1, 0.15) is 5.69 Å². The molecule has 86 valence electrons. The molecule has 0 spiro atoms. The van der Waals surface area contributed by atoms with Crippen LogP contribution in [-0.2, 0) is 0 Å². The van der Waals surface area contributed by atoms with Gasteiger partial charge in [-0.15, -0.1) is 0 Å². The topological polar surface area (TPSA) is 97.3 Å². The van der Waals surface area contributed by atoms with Gasteiger partial charge in [0, 0.05) is 23.5 Å². The van der Waals surface area contributed by atoms with Crippen molar-refractivity contribution in [1.82, 2.24) is 15.0 Å². The van der Waals surface area contributed by atoms with Gasteiger partial charge in [0.05, 0.1) is 0 Å². The molecule has 0 aliphatic carbocycles. The van der Waals surface area contributed by atoms with E-state index in [4.69, 9.17) is 10.9 Å². The van der Waals surface area contributed by atoms with Crippen molar-refractivity contribution in [2.45, 2.75) is 10.1 Å². The minimum atomic E-state index is -0.0379. The fourth-order valence-electron chi connectivity index (χ4n) is 1.15. The molecule has 3 N–H and O–H groups in total. The van der Waals surface area contributed by atoms with Crippen LogP contribution in [0.25, 0.3) is 0 Å². The molecule has 0 radical (unpaired) electrons. The maximum Gasteiger partial charge on any atom is 0.192 e. The number of hydrogen-bond acceptors (Lipinski definition) is 6. The molecular weight excluding hydrogens is 238 g/mol. The fourth-order valence-corrected chi connectivity index (χ4v) is 1.97. The third-order valence-corrected chi connectivity index (χ3v) is 2.81. The summed E-state index contributed by atoms with van der Waals surface area (Å²) in [5.74, 6) is -0.0379. The van der Waals surface area contributed by atoms with E-state index >= 15 is 0 Å². The molecule has 6 nitrogen and oxygen atoms in total. The van der Waals surface area contributed by atoms with Crippen molar-refractivity contribution < 1.29 is 5.21 Å². The maximum atomic E-state index is 8.66. The van der Waals surface area contributed by atoms with E-state index in [1.807, 2.05) is 0 Å². The van der Waals surface area contributed by atoms with Crippen molar-refractivity contribution in [3.63, 3.8) is 0 Å². The molecule has 2 rings (SSSR count). The molecular formula is C10H9N5OS. The summed E-state index contributed by atoms with van der Waals surface area (Å²) in [5.41, 5.74) is 5.94. The highest BCUT2D eigenvalue weighted by atomic mass is 32.2. The third-order valence-electron chi connectivity index (χ3n) is 1.86. The highest BCUT2D eigenvalue weighted by Crippen LogP contribution is 2.25. The number of aromatic nitrogens is 3. The van der Waals surface area contributed by atoms with Gasteiger partial charge >= 0.3 is 0 Å². The lowest BCUT2D eigenvalue weighted by Gasteiger charge is -2.04. The minimum absolute atomic E-state index is 0.0379. The SMILES string of the molecule is N/C(=N/O)c1ncccc1Sc1ncccn1. The summed E-state index contributed by atoms with van der Waals surface area (Å²) >= 11 is 1.30. The van der Waals surface area contributed by atoms with Gasteiger partial charge in [-0.2, -0.15) is 0 Å². The van der Waals surface area contributed by atoms with Gasteiger partial charge in [-0.3, -0.25) is 4.98 Å². The molecule has 0 atom stereocenters. The molecule has 7 heteroatoms. The first kappa shape index (κ1) is 11.3. The van der Waals surface area contributed by atoms with E-state index in [9.17, 15) is 0 Å². The van der Waals surface area contributed by atoms with Crippen molar-refractivity contribution >= 4 is 17.6 Å². The average molecular weight is 247 g/mol. The van der Waals surface area contributed by atoms with Crippen molar-refractivity contribution in [3.8, 4) is 0 Å². The standard InChI is InChI=1S/C10H9N5OS/c11-9(15-16)8-7(3-1-4-12-8)17-10-13-5-2-6-14-10/h1-6,16H,(H2,11,15). The summed E-state index contributed by atoms with van der Waals surface area (Å²) in [7, 11) is 0. The van der Waals surface area contributed by atoms with Gasteiger partial charge in [0.15, 0.2) is 11.0 Å². The Bertz CT molecular complexity index is 531. The van der Waals surface area contributed by atoms with E-state index in [1.54, 1.807) is 36.8 Å². The molecule has 0 aliphatic heterocycles. The van der Waals surface area contributed by atoms with E-state index < -0.39 is 0 Å². The second kappa shape index (κ2) is 5.26. The number of nitrogens with two attached hydrogens (primary N) is 1. The summed E-state index contributed by atoms with van der Waals surface area (Å²) in [6, 6.07) is 5.30. The molecule has 0 unspecified atom stereocenters. The van der Waals surface area contributed by atoms with Crippen LogP contribution in [0.15, 0.2) is 52.0 Å². The zero-order valence-electron chi connectivity index (χ0n) is 8.69. The van der Waals surface area contributed by atoms with Crippen molar-refractivity contribution in [3.05, 3.63) is 42.5 Å². The molecule has 17 heavy (non-hydrogen) atoms. The van der Waals surface area contributed by atoms with Crippen LogP contribution in [0.3, 0.4) is 0 Å². The number of nitrogens with zero attached hydrogens (tertiary/aromatic N) is 4. The highest BCUT2D eigenvalue weighted by molar-refractivity contribution is 7.99. The van der Waals surface area contributed by atoms with Gasteiger partial charge in [0.2, 0.25) is 0 Å². The van der Waals surface area contributed by atoms with Gasteiger partial charge in [0.1, 0.15) is 5.69 Å². The molecule has 2 heterocycles. The Hall–Kier alpha value is -2.15. The molecule has 0 aliphatic rings. The molecule has 0 aromatic carbocycles. The fraction of sp³-hybridized carbons (Fsp3) is 0. The van der Waals surface area contributed by atoms with Crippen LogP contribution in [0, 0.1) is 0 Å². The monoisotopic (exact) mass is 247 g/mol. The summed E-state index contributed by atoms with van der Waals surface area (Å²) in [6.07, 6.45) is 4.87. The first-order valence-electron chi connectivity index (χ1n) is 4.69. The second-order valence-corrected chi connectivity index (χ2v) is 3.98. The molecule has 0 amide bonds. The van der Waals surface area contributed by atoms with Crippen LogP contribution in [0.4, 0.5) is 0 Å². The number of pyridine rings is 1. The van der Waals surface area contributed by atoms with E-state index in [-0.39, 0.29) is 5.84 Å². The molecule has 0 saturated heterocycles. The van der Waals surface area contributed by atoms with Crippen molar-refractivity contribution in [2.24, 2.45) is 10.9 Å². The Morgan fingerprint density at radius 2 is 1.88 bits per heavy atom. The lowest BCUT2D eigenvalue weighted by atomic mass is 10.3. The first-order chi connectivity index (χ1) is 8.31. The number of oxime groups is 1. The Balaban J connectivity index is 2.33. The van der Waals surface area contributed by atoms with E-state index in [1.165, 1.54) is 11.8 Å². The molecule has 0 saturated carbocycles. The van der Waals surface area contributed by atoms with E-state index in [2.05, 4.69) is 20.1 Å². The van der Waals surface area contributed by atoms with Crippen LogP contribution in [0.5, 0.6) is 0 Å². The van der Waals surface area contributed by atoms with Gasteiger partial charge < -0.3 is 10.9 Å². The summed E-state index contributed by atoms with van der Waals surface area (Å²) in [4.78, 5) is 12.9. The highest BCUT2D eigenvalue weighted by Gasteiger charge is 2.10. The van der Waals surface area contributed by atoms with E-state index in [0.717, 1.165) is 4.90 Å². The Morgan fingerprint density at radius 3 is 2.59 bits per heavy atom. The van der Waals surface area contributed by atoms with Crippen molar-refractivity contribution in [2.75, 3.05) is 0 Å². The van der Waals surface area contributed by atoms with E-state index in [0.29, 0.717) is 10.9 Å². The quantitative estimate of drug-likeness (QED) is 0.277. The van der Waals surface area contributed by atoms with Crippen molar-refractivity contribution in [1.29, 1.82) is 0 Å². The molecule has 0 fully saturated rings. The van der Waals surface area contributed by atoms with Crippen LogP contribution < -0.4 is 5.73 Å². The van der Waals surface area contributed by atoms with Gasteiger partial charge in [-0.05, 0) is 30.0 Å². The predicted molar refractivity (Wildman–Crippen MR) is 62.9 cm³/mol. The zero-order chi connectivity index (χ0) is 12.1. The van der Waals surface area contributed by atoms with Gasteiger partial charge in [-0.25, -0.2) is 9.97 Å². The molecule has 2 aromatic rings. The van der Waals surface area contributed by atoms with Crippen LogP contribution in [-0.4, -0.2) is 26.0 Å². The third kappa shape index (κ3) is 2.70. The summed E-state index contributed by atoms with van der Waals surface area (Å²) in [6.45, 7) is 0. The minimum Gasteiger partial charge on any atom is -0.409 e. The number of hydrogen-bond donors (Lipinski definition) is 2. The molecule has 0 bridgehead atoms. The number of rotatable bonds is 3.